The molecule has 2 amide bonds. The van der Waals surface area contributed by atoms with E-state index in [4.69, 9.17) is 9.47 Å². The number of benzene rings is 1. The zero-order chi connectivity index (χ0) is 15.1. The first-order valence-electron chi connectivity index (χ1n) is 6.39. The lowest BCUT2D eigenvalue weighted by atomic mass is 10.2. The summed E-state index contributed by atoms with van der Waals surface area (Å²) in [7, 11) is 3.07. The highest BCUT2D eigenvalue weighted by Crippen LogP contribution is 2.33. The number of para-hydroxylation sites is 1. The minimum Gasteiger partial charge on any atom is -0.494 e. The number of carbonyl (C=O) groups is 1. The number of aromatic nitrogens is 1. The number of hydrogen-bond donors (Lipinski definition) is 2. The van der Waals surface area contributed by atoms with Crippen molar-refractivity contribution in [2.75, 3.05) is 19.5 Å². The molecule has 0 aliphatic heterocycles. The van der Waals surface area contributed by atoms with Gasteiger partial charge in [0.15, 0.2) is 0 Å². The standard InChI is InChI=1S/C15H17N3O3/c1-20-12-6-3-7-13(21-2)14(12)18-15(19)17-10-11-5-4-8-16-9-11/h3-9H,10H2,1-2H3,(H2,17,18,19). The van der Waals surface area contributed by atoms with Crippen molar-refractivity contribution in [3.05, 3.63) is 48.3 Å². The van der Waals surface area contributed by atoms with Crippen molar-refractivity contribution in [2.24, 2.45) is 0 Å². The lowest BCUT2D eigenvalue weighted by molar-refractivity contribution is 0.251. The number of methoxy groups -OCH3 is 2. The zero-order valence-electron chi connectivity index (χ0n) is 11.9. The summed E-state index contributed by atoms with van der Waals surface area (Å²) in [5.74, 6) is 1.07. The fraction of sp³-hybridized carbons (Fsp3) is 0.200. The summed E-state index contributed by atoms with van der Waals surface area (Å²) < 4.78 is 10.4. The Labute approximate surface area is 123 Å². The van der Waals surface area contributed by atoms with Crippen LogP contribution in [0.5, 0.6) is 11.5 Å². The molecule has 0 atom stereocenters. The highest BCUT2D eigenvalue weighted by atomic mass is 16.5. The van der Waals surface area contributed by atoms with E-state index >= 15 is 0 Å². The molecule has 0 radical (unpaired) electrons. The van der Waals surface area contributed by atoms with Crippen LogP contribution in [0.15, 0.2) is 42.7 Å². The number of anilines is 1. The molecule has 21 heavy (non-hydrogen) atoms. The van der Waals surface area contributed by atoms with Gasteiger partial charge in [0.2, 0.25) is 0 Å². The Morgan fingerprint density at radius 1 is 1.14 bits per heavy atom. The Balaban J connectivity index is 2.02. The summed E-state index contributed by atoms with van der Waals surface area (Å²) >= 11 is 0. The molecule has 0 bridgehead atoms. The van der Waals surface area contributed by atoms with Crippen LogP contribution in [0.2, 0.25) is 0 Å². The van der Waals surface area contributed by atoms with Gasteiger partial charge < -0.3 is 20.1 Å². The third-order valence-electron chi connectivity index (χ3n) is 2.84. The fourth-order valence-electron chi connectivity index (χ4n) is 1.82. The van der Waals surface area contributed by atoms with Crippen LogP contribution in [0.25, 0.3) is 0 Å². The van der Waals surface area contributed by atoms with Gasteiger partial charge in [-0.05, 0) is 23.8 Å². The van der Waals surface area contributed by atoms with E-state index in [0.29, 0.717) is 23.7 Å². The maximum absolute atomic E-state index is 12.0. The van der Waals surface area contributed by atoms with Crippen LogP contribution in [0, 0.1) is 0 Å². The molecular weight excluding hydrogens is 270 g/mol. The van der Waals surface area contributed by atoms with Crippen LogP contribution in [-0.4, -0.2) is 25.2 Å². The lowest BCUT2D eigenvalue weighted by Crippen LogP contribution is -2.28. The molecule has 0 saturated heterocycles. The molecule has 2 N–H and O–H groups in total. The predicted octanol–water partition coefficient (Wildman–Crippen LogP) is 2.42. The number of nitrogens with one attached hydrogen (secondary N) is 2. The molecule has 6 nitrogen and oxygen atoms in total. The number of hydrogen-bond acceptors (Lipinski definition) is 4. The minimum absolute atomic E-state index is 0.346. The van der Waals surface area contributed by atoms with Crippen LogP contribution in [0.4, 0.5) is 10.5 Å². The quantitative estimate of drug-likeness (QED) is 0.886. The second kappa shape index (κ2) is 7.14. The molecule has 2 rings (SSSR count). The second-order valence-corrected chi connectivity index (χ2v) is 4.21. The number of ether oxygens (including phenoxy) is 2. The van der Waals surface area contributed by atoms with E-state index < -0.39 is 0 Å². The van der Waals surface area contributed by atoms with Crippen molar-refractivity contribution in [1.82, 2.24) is 10.3 Å². The van der Waals surface area contributed by atoms with Gasteiger partial charge >= 0.3 is 6.03 Å². The van der Waals surface area contributed by atoms with Gasteiger partial charge in [-0.25, -0.2) is 4.79 Å². The molecule has 0 aliphatic rings. The number of pyridine rings is 1. The van der Waals surface area contributed by atoms with Gasteiger partial charge in [-0.2, -0.15) is 0 Å². The van der Waals surface area contributed by atoms with Gasteiger partial charge in [0.05, 0.1) is 14.2 Å². The Morgan fingerprint density at radius 2 is 1.86 bits per heavy atom. The molecule has 1 aromatic heterocycles. The second-order valence-electron chi connectivity index (χ2n) is 4.21. The maximum Gasteiger partial charge on any atom is 0.319 e. The minimum atomic E-state index is -0.346. The lowest BCUT2D eigenvalue weighted by Gasteiger charge is -2.14. The smallest absolute Gasteiger partial charge is 0.319 e. The van der Waals surface area contributed by atoms with Crippen molar-refractivity contribution in [2.45, 2.75) is 6.54 Å². The molecule has 1 heterocycles. The van der Waals surface area contributed by atoms with Crippen LogP contribution in [0.1, 0.15) is 5.56 Å². The first kappa shape index (κ1) is 14.6. The first-order chi connectivity index (χ1) is 10.2. The Hall–Kier alpha value is -2.76. The molecule has 1 aromatic carbocycles. The van der Waals surface area contributed by atoms with E-state index in [1.165, 1.54) is 14.2 Å². The molecule has 0 saturated carbocycles. The number of amides is 2. The summed E-state index contributed by atoms with van der Waals surface area (Å²) in [5, 5.41) is 5.48. The van der Waals surface area contributed by atoms with E-state index in [1.807, 2.05) is 12.1 Å². The molecule has 0 aliphatic carbocycles. The average Bonchev–Trinajstić information content (AvgIpc) is 2.54. The summed E-state index contributed by atoms with van der Waals surface area (Å²) in [5.41, 5.74) is 1.41. The largest absolute Gasteiger partial charge is 0.494 e. The number of nitrogens with zero attached hydrogens (tertiary/aromatic N) is 1. The summed E-state index contributed by atoms with van der Waals surface area (Å²) in [6.07, 6.45) is 3.38. The van der Waals surface area contributed by atoms with Crippen molar-refractivity contribution < 1.29 is 14.3 Å². The number of urea groups is 1. The van der Waals surface area contributed by atoms with E-state index in [2.05, 4.69) is 15.6 Å². The monoisotopic (exact) mass is 287 g/mol. The molecule has 0 fully saturated rings. The van der Waals surface area contributed by atoms with Gasteiger partial charge in [-0.15, -0.1) is 0 Å². The third kappa shape index (κ3) is 3.85. The molecule has 0 spiro atoms. The van der Waals surface area contributed by atoms with Crippen LogP contribution in [-0.2, 0) is 6.54 Å². The number of rotatable bonds is 5. The maximum atomic E-state index is 12.0. The summed E-state index contributed by atoms with van der Waals surface area (Å²) in [4.78, 5) is 16.0. The Bertz CT molecular complexity index is 580. The van der Waals surface area contributed by atoms with Gasteiger partial charge in [0, 0.05) is 18.9 Å². The van der Waals surface area contributed by atoms with Gasteiger partial charge in [-0.1, -0.05) is 12.1 Å². The van der Waals surface area contributed by atoms with E-state index in [-0.39, 0.29) is 6.03 Å². The first-order valence-corrected chi connectivity index (χ1v) is 6.39. The summed E-state index contributed by atoms with van der Waals surface area (Å²) in [6.45, 7) is 0.386. The van der Waals surface area contributed by atoms with Gasteiger partial charge in [0.25, 0.3) is 0 Å². The van der Waals surface area contributed by atoms with E-state index in [9.17, 15) is 4.79 Å². The topological polar surface area (TPSA) is 72.5 Å². The fourth-order valence-corrected chi connectivity index (χ4v) is 1.82. The van der Waals surface area contributed by atoms with Crippen LogP contribution >= 0.6 is 0 Å². The van der Waals surface area contributed by atoms with E-state index in [1.54, 1.807) is 30.6 Å². The van der Waals surface area contributed by atoms with Gasteiger partial charge in [-0.3, -0.25) is 4.98 Å². The highest BCUT2D eigenvalue weighted by Gasteiger charge is 2.12. The van der Waals surface area contributed by atoms with Crippen molar-refractivity contribution in [1.29, 1.82) is 0 Å². The normalized spacial score (nSPS) is 9.81. The zero-order valence-corrected chi connectivity index (χ0v) is 11.9. The van der Waals surface area contributed by atoms with Crippen LogP contribution < -0.4 is 20.1 Å². The van der Waals surface area contributed by atoms with Crippen molar-refractivity contribution >= 4 is 11.7 Å². The third-order valence-corrected chi connectivity index (χ3v) is 2.84. The molecular formula is C15H17N3O3. The van der Waals surface area contributed by atoms with Crippen molar-refractivity contribution in [3.63, 3.8) is 0 Å². The average molecular weight is 287 g/mol. The number of carbonyl (C=O) groups excluding carboxylic acids is 1. The SMILES string of the molecule is COc1cccc(OC)c1NC(=O)NCc1cccnc1. The molecule has 2 aromatic rings. The summed E-state index contributed by atoms with van der Waals surface area (Å²) in [6, 6.07) is 8.64. The highest BCUT2D eigenvalue weighted by molar-refractivity contribution is 5.92. The van der Waals surface area contributed by atoms with Crippen LogP contribution in [0.3, 0.4) is 0 Å². The van der Waals surface area contributed by atoms with Crippen molar-refractivity contribution in [3.8, 4) is 11.5 Å². The van der Waals surface area contributed by atoms with Gasteiger partial charge in [0.1, 0.15) is 17.2 Å². The molecule has 6 heteroatoms. The predicted molar refractivity (Wildman–Crippen MR) is 79.6 cm³/mol. The molecule has 0 unspecified atom stereocenters. The Kier molecular flexibility index (Phi) is 4.98. The van der Waals surface area contributed by atoms with E-state index in [0.717, 1.165) is 5.56 Å². The molecule has 110 valence electrons. The Morgan fingerprint density at radius 3 is 2.43 bits per heavy atom.